The van der Waals surface area contributed by atoms with Gasteiger partial charge in [0.1, 0.15) is 22.8 Å². The summed E-state index contributed by atoms with van der Waals surface area (Å²) in [5.74, 6) is 0.531. The van der Waals surface area contributed by atoms with Gasteiger partial charge < -0.3 is 14.4 Å². The predicted molar refractivity (Wildman–Crippen MR) is 165 cm³/mol. The van der Waals surface area contributed by atoms with Crippen LogP contribution in [-0.4, -0.2) is 35.4 Å². The molecule has 5 aromatic rings. The van der Waals surface area contributed by atoms with Crippen LogP contribution < -0.4 is 14.4 Å². The van der Waals surface area contributed by atoms with Gasteiger partial charge in [-0.2, -0.15) is 13.2 Å². The number of aryl methyl sites for hydroxylation is 1. The lowest BCUT2D eigenvalue weighted by atomic mass is 9.99. The van der Waals surface area contributed by atoms with Crippen LogP contribution in [0.2, 0.25) is 5.02 Å². The molecule has 12 heteroatoms. The van der Waals surface area contributed by atoms with Crippen molar-refractivity contribution in [2.75, 3.05) is 25.4 Å². The summed E-state index contributed by atoms with van der Waals surface area (Å²) in [7, 11) is 3.12. The van der Waals surface area contributed by atoms with E-state index in [1.165, 1.54) is 37.0 Å². The van der Waals surface area contributed by atoms with E-state index in [0.717, 1.165) is 11.1 Å². The standard InChI is InChI=1S/C32H27ClF4N4O2S/c1-18-13-25(41(16-19-5-9-22(42-2)10-6-19)17-20-7-11-23(43-3)12-8-20)39-30(27(18)32(35,36)37)26-24(33)14-21-15-38-31(44-4)40-29(21)28(26)34/h5-15H,16-17H2,1-4H3. The van der Waals surface area contributed by atoms with E-state index >= 15 is 4.39 Å². The van der Waals surface area contributed by atoms with E-state index < -0.39 is 28.8 Å². The van der Waals surface area contributed by atoms with Crippen molar-refractivity contribution in [3.63, 3.8) is 0 Å². The maximum atomic E-state index is 16.2. The largest absolute Gasteiger partial charge is 0.497 e. The average Bonchev–Trinajstić information content (AvgIpc) is 3.00. The fourth-order valence-corrected chi connectivity index (χ4v) is 5.51. The Labute approximate surface area is 261 Å². The van der Waals surface area contributed by atoms with Crippen molar-refractivity contribution in [3.05, 3.63) is 100.0 Å². The van der Waals surface area contributed by atoms with Crippen molar-refractivity contribution in [3.8, 4) is 22.8 Å². The highest BCUT2D eigenvalue weighted by molar-refractivity contribution is 7.98. The molecular formula is C32H27ClF4N4O2S. The molecule has 0 radical (unpaired) electrons. The summed E-state index contributed by atoms with van der Waals surface area (Å²) >= 11 is 7.68. The van der Waals surface area contributed by atoms with Gasteiger partial charge in [0.25, 0.3) is 0 Å². The zero-order valence-corrected chi connectivity index (χ0v) is 25.7. The number of alkyl halides is 3. The van der Waals surface area contributed by atoms with Crippen LogP contribution in [0.5, 0.6) is 11.5 Å². The van der Waals surface area contributed by atoms with Crippen LogP contribution in [-0.2, 0) is 19.3 Å². The van der Waals surface area contributed by atoms with Crippen molar-refractivity contribution in [2.24, 2.45) is 0 Å². The van der Waals surface area contributed by atoms with Crippen LogP contribution in [0, 0.1) is 12.7 Å². The fourth-order valence-electron chi connectivity index (χ4n) is 4.88. The zero-order chi connectivity index (χ0) is 31.6. The van der Waals surface area contributed by atoms with Gasteiger partial charge in [0.15, 0.2) is 11.0 Å². The molecule has 0 aliphatic heterocycles. The quantitative estimate of drug-likeness (QED) is 0.0905. The second-order valence-corrected chi connectivity index (χ2v) is 11.1. The molecule has 0 aliphatic carbocycles. The summed E-state index contributed by atoms with van der Waals surface area (Å²) in [5.41, 5.74) is -0.723. The minimum Gasteiger partial charge on any atom is -0.497 e. The number of methoxy groups -OCH3 is 2. The Kier molecular flexibility index (Phi) is 9.17. The molecule has 6 nitrogen and oxygen atoms in total. The first kappa shape index (κ1) is 31.3. The van der Waals surface area contributed by atoms with Crippen LogP contribution in [0.25, 0.3) is 22.2 Å². The van der Waals surface area contributed by atoms with Gasteiger partial charge in [-0.1, -0.05) is 47.6 Å². The Morgan fingerprint density at radius 1 is 0.886 bits per heavy atom. The molecule has 5 rings (SSSR count). The lowest BCUT2D eigenvalue weighted by Crippen LogP contribution is -2.24. The van der Waals surface area contributed by atoms with E-state index in [4.69, 9.17) is 21.1 Å². The maximum Gasteiger partial charge on any atom is 0.418 e. The number of rotatable bonds is 9. The highest BCUT2D eigenvalue weighted by Crippen LogP contribution is 2.44. The van der Waals surface area contributed by atoms with Crippen molar-refractivity contribution < 1.29 is 27.0 Å². The van der Waals surface area contributed by atoms with E-state index in [1.54, 1.807) is 44.7 Å². The van der Waals surface area contributed by atoms with Crippen molar-refractivity contribution >= 4 is 40.1 Å². The number of benzene rings is 3. The van der Waals surface area contributed by atoms with Gasteiger partial charge in [0.2, 0.25) is 0 Å². The van der Waals surface area contributed by atoms with Crippen LogP contribution in [0.1, 0.15) is 22.3 Å². The molecule has 0 fully saturated rings. The molecule has 0 N–H and O–H groups in total. The van der Waals surface area contributed by atoms with Gasteiger partial charge in [-0.15, -0.1) is 0 Å². The molecule has 228 valence electrons. The molecule has 2 heterocycles. The monoisotopic (exact) mass is 642 g/mol. The minimum absolute atomic E-state index is 0.130. The third kappa shape index (κ3) is 6.53. The Balaban J connectivity index is 1.71. The van der Waals surface area contributed by atoms with Gasteiger partial charge in [-0.05, 0) is 66.3 Å². The number of pyridine rings is 1. The molecule has 3 aromatic carbocycles. The summed E-state index contributed by atoms with van der Waals surface area (Å²) in [6.45, 7) is 1.90. The lowest BCUT2D eigenvalue weighted by molar-refractivity contribution is -0.137. The van der Waals surface area contributed by atoms with Crippen LogP contribution in [0.3, 0.4) is 0 Å². The molecule has 0 bridgehead atoms. The first-order valence-corrected chi connectivity index (χ1v) is 14.9. The summed E-state index contributed by atoms with van der Waals surface area (Å²) in [5, 5.41) is 0.293. The molecule has 0 saturated heterocycles. The molecule has 0 aliphatic rings. The van der Waals surface area contributed by atoms with E-state index in [0.29, 0.717) is 11.5 Å². The SMILES string of the molecule is COc1ccc(CN(Cc2ccc(OC)cc2)c2cc(C)c(C(F)(F)F)c(-c3c(Cl)cc4cnc(SC)nc4c3F)n2)cc1. The molecule has 44 heavy (non-hydrogen) atoms. The lowest BCUT2D eigenvalue weighted by Gasteiger charge is -2.27. The molecule has 0 atom stereocenters. The van der Waals surface area contributed by atoms with Crippen molar-refractivity contribution in [1.29, 1.82) is 0 Å². The van der Waals surface area contributed by atoms with Gasteiger partial charge in [0, 0.05) is 24.7 Å². The number of hydrogen-bond donors (Lipinski definition) is 0. The molecule has 0 saturated carbocycles. The summed E-state index contributed by atoms with van der Waals surface area (Å²) in [6.07, 6.45) is -1.74. The van der Waals surface area contributed by atoms with E-state index in [2.05, 4.69) is 15.0 Å². The minimum atomic E-state index is -4.84. The van der Waals surface area contributed by atoms with Gasteiger partial charge in [-0.3, -0.25) is 0 Å². The third-order valence-electron chi connectivity index (χ3n) is 7.04. The number of anilines is 1. The number of thioether (sulfide) groups is 1. The maximum absolute atomic E-state index is 16.2. The molecule has 2 aromatic heterocycles. The third-order valence-corrected chi connectivity index (χ3v) is 7.90. The van der Waals surface area contributed by atoms with Gasteiger partial charge in [0.05, 0.1) is 36.1 Å². The first-order chi connectivity index (χ1) is 21.0. The van der Waals surface area contributed by atoms with Crippen LogP contribution in [0.4, 0.5) is 23.4 Å². The molecule has 0 spiro atoms. The first-order valence-electron chi connectivity index (χ1n) is 13.3. The summed E-state index contributed by atoms with van der Waals surface area (Å²) in [4.78, 5) is 14.6. The Hall–Kier alpha value is -4.09. The number of ether oxygens (including phenoxy) is 2. The number of hydrogen-bond acceptors (Lipinski definition) is 7. The van der Waals surface area contributed by atoms with Crippen LogP contribution >= 0.6 is 23.4 Å². The van der Waals surface area contributed by atoms with Crippen molar-refractivity contribution in [1.82, 2.24) is 15.0 Å². The molecule has 0 amide bonds. The highest BCUT2D eigenvalue weighted by Gasteiger charge is 2.39. The van der Waals surface area contributed by atoms with Crippen molar-refractivity contribution in [2.45, 2.75) is 31.3 Å². The Morgan fingerprint density at radius 3 is 1.95 bits per heavy atom. The second-order valence-electron chi connectivity index (χ2n) is 9.91. The fraction of sp³-hybridized carbons (Fsp3) is 0.219. The second kappa shape index (κ2) is 12.9. The van der Waals surface area contributed by atoms with E-state index in [1.807, 2.05) is 29.2 Å². The number of nitrogens with zero attached hydrogens (tertiary/aromatic N) is 4. The Bertz CT molecular complexity index is 1750. The molecule has 0 unspecified atom stereocenters. The predicted octanol–water partition coefficient (Wildman–Crippen LogP) is 8.76. The number of halogens is 5. The number of fused-ring (bicyclic) bond motifs is 1. The van der Waals surface area contributed by atoms with Crippen LogP contribution in [0.15, 0.2) is 72.0 Å². The topological polar surface area (TPSA) is 60.4 Å². The Morgan fingerprint density at radius 2 is 1.45 bits per heavy atom. The normalized spacial score (nSPS) is 11.6. The average molecular weight is 643 g/mol. The summed E-state index contributed by atoms with van der Waals surface area (Å²) < 4.78 is 70.5. The van der Waals surface area contributed by atoms with Gasteiger partial charge >= 0.3 is 6.18 Å². The summed E-state index contributed by atoms with van der Waals surface area (Å²) in [6, 6.07) is 17.4. The van der Waals surface area contributed by atoms with E-state index in [-0.39, 0.29) is 45.6 Å². The zero-order valence-electron chi connectivity index (χ0n) is 24.2. The molecular weight excluding hydrogens is 616 g/mol. The van der Waals surface area contributed by atoms with Gasteiger partial charge in [-0.25, -0.2) is 19.3 Å². The van der Waals surface area contributed by atoms with E-state index in [9.17, 15) is 13.2 Å². The smallest absolute Gasteiger partial charge is 0.418 e. The highest BCUT2D eigenvalue weighted by atomic mass is 35.5. The number of aromatic nitrogens is 3.